The van der Waals surface area contributed by atoms with Crippen LogP contribution in [-0.4, -0.2) is 12.2 Å². The van der Waals surface area contributed by atoms with E-state index >= 15 is 0 Å². The Morgan fingerprint density at radius 2 is 0.776 bits per heavy atom. The molecule has 0 aromatic heterocycles. The molecule has 0 heterocycles. The van der Waals surface area contributed by atoms with Gasteiger partial charge in [0, 0.05) is 33.5 Å². The van der Waals surface area contributed by atoms with Crippen molar-refractivity contribution in [2.24, 2.45) is 0 Å². The second kappa shape index (κ2) is 14.5. The van der Waals surface area contributed by atoms with Crippen molar-refractivity contribution in [2.75, 3.05) is 17.7 Å². The van der Waals surface area contributed by atoms with E-state index in [1.54, 1.807) is 19.2 Å². The quantitative estimate of drug-likeness (QED) is 0.152. The highest BCUT2D eigenvalue weighted by Gasteiger charge is 2.09. The second-order valence-electron chi connectivity index (χ2n) is 11.7. The zero-order valence-corrected chi connectivity index (χ0v) is 27.2. The summed E-state index contributed by atoms with van der Waals surface area (Å²) in [5.41, 5.74) is 9.05. The average Bonchev–Trinajstić information content (AvgIpc) is 3.17. The minimum absolute atomic E-state index is 0.268. The molecule has 8 aromatic carbocycles. The molecule has 0 atom stereocenters. The second-order valence-corrected chi connectivity index (χ2v) is 11.7. The van der Waals surface area contributed by atoms with Crippen LogP contribution in [0.25, 0.3) is 43.8 Å². The zero-order chi connectivity index (χ0) is 33.4. The summed E-state index contributed by atoms with van der Waals surface area (Å²) in [5, 5.41) is 21.2. The van der Waals surface area contributed by atoms with Crippen LogP contribution in [0.1, 0.15) is 0 Å². The Hall–Kier alpha value is -6.52. The third-order valence-electron chi connectivity index (χ3n) is 8.53. The Labute approximate surface area is 286 Å². The maximum atomic E-state index is 9.43. The number of rotatable bonds is 7. The Kier molecular flexibility index (Phi) is 9.20. The maximum Gasteiger partial charge on any atom is 0.119 e. The number of hydrogen-bond donors (Lipinski definition) is 3. The predicted molar refractivity (Wildman–Crippen MR) is 206 cm³/mol. The standard InChI is InChI=1S/C23H19NO.C22H17NO/c1-25-19-13-11-18(12-14-19)24-23-16-15-20(17-7-3-2-4-8-17)21-9-5-6-10-22(21)23;24-18-12-10-17(11-13-18)23-22-15-14-19(16-6-2-1-3-7-16)20-8-4-5-9-21(20)22/h2-16,24H,1H3;1-15,23-24H. The van der Waals surface area contributed by atoms with Crippen LogP contribution in [0.5, 0.6) is 11.5 Å². The molecule has 0 spiro atoms. The molecule has 238 valence electrons. The smallest absolute Gasteiger partial charge is 0.119 e. The lowest BCUT2D eigenvalue weighted by atomic mass is 9.97. The minimum atomic E-state index is 0.268. The van der Waals surface area contributed by atoms with E-state index in [0.29, 0.717) is 0 Å². The summed E-state index contributed by atoms with van der Waals surface area (Å²) in [6.45, 7) is 0. The molecule has 4 heteroatoms. The molecule has 0 fully saturated rings. The van der Waals surface area contributed by atoms with Crippen molar-refractivity contribution >= 4 is 44.3 Å². The highest BCUT2D eigenvalue weighted by Crippen LogP contribution is 2.36. The van der Waals surface area contributed by atoms with Crippen molar-refractivity contribution in [2.45, 2.75) is 0 Å². The Bertz CT molecular complexity index is 2300. The van der Waals surface area contributed by atoms with Gasteiger partial charge in [0.15, 0.2) is 0 Å². The summed E-state index contributed by atoms with van der Waals surface area (Å²) < 4.78 is 5.23. The first-order valence-electron chi connectivity index (χ1n) is 16.3. The Morgan fingerprint density at radius 3 is 1.20 bits per heavy atom. The number of fused-ring (bicyclic) bond motifs is 2. The molecule has 0 saturated carbocycles. The molecule has 0 amide bonds. The highest BCUT2D eigenvalue weighted by molar-refractivity contribution is 6.05. The van der Waals surface area contributed by atoms with Crippen LogP contribution >= 0.6 is 0 Å². The van der Waals surface area contributed by atoms with Gasteiger partial charge in [0.25, 0.3) is 0 Å². The molecule has 49 heavy (non-hydrogen) atoms. The van der Waals surface area contributed by atoms with Gasteiger partial charge in [-0.3, -0.25) is 0 Å². The fourth-order valence-corrected chi connectivity index (χ4v) is 6.09. The van der Waals surface area contributed by atoms with E-state index < -0.39 is 0 Å². The maximum absolute atomic E-state index is 9.43. The Morgan fingerprint density at radius 1 is 0.388 bits per heavy atom. The van der Waals surface area contributed by atoms with Gasteiger partial charge in [0.1, 0.15) is 11.5 Å². The molecular formula is C45H36N2O2. The van der Waals surface area contributed by atoms with E-state index in [-0.39, 0.29) is 5.75 Å². The van der Waals surface area contributed by atoms with E-state index in [2.05, 4.69) is 132 Å². The van der Waals surface area contributed by atoms with Crippen molar-refractivity contribution in [1.82, 2.24) is 0 Å². The number of nitrogens with one attached hydrogen (secondary N) is 2. The monoisotopic (exact) mass is 636 g/mol. The van der Waals surface area contributed by atoms with Gasteiger partial charge >= 0.3 is 0 Å². The molecular weight excluding hydrogens is 601 g/mol. The van der Waals surface area contributed by atoms with Crippen molar-refractivity contribution < 1.29 is 9.84 Å². The summed E-state index contributed by atoms with van der Waals surface area (Å²) in [6.07, 6.45) is 0. The van der Waals surface area contributed by atoms with Gasteiger partial charge in [0.05, 0.1) is 7.11 Å². The molecule has 0 radical (unpaired) electrons. The minimum Gasteiger partial charge on any atom is -0.508 e. The first-order valence-corrected chi connectivity index (χ1v) is 16.3. The summed E-state index contributed by atoms with van der Waals surface area (Å²) in [7, 11) is 1.68. The number of phenols is 1. The number of ether oxygens (including phenoxy) is 1. The molecule has 0 aliphatic heterocycles. The average molecular weight is 637 g/mol. The fourth-order valence-electron chi connectivity index (χ4n) is 6.09. The summed E-state index contributed by atoms with van der Waals surface area (Å²) >= 11 is 0. The zero-order valence-electron chi connectivity index (χ0n) is 27.2. The number of anilines is 4. The van der Waals surface area contributed by atoms with Crippen LogP contribution in [0, 0.1) is 0 Å². The summed E-state index contributed by atoms with van der Waals surface area (Å²) in [5.74, 6) is 1.12. The number of phenolic OH excluding ortho intramolecular Hbond substituents is 1. The molecule has 8 aromatic rings. The normalized spacial score (nSPS) is 10.6. The number of methoxy groups -OCH3 is 1. The molecule has 0 unspecified atom stereocenters. The largest absolute Gasteiger partial charge is 0.508 e. The molecule has 8 rings (SSSR count). The lowest BCUT2D eigenvalue weighted by Gasteiger charge is -2.14. The number of benzene rings is 8. The molecule has 3 N–H and O–H groups in total. The molecule has 0 saturated heterocycles. The van der Waals surface area contributed by atoms with Crippen LogP contribution in [0.15, 0.2) is 182 Å². The topological polar surface area (TPSA) is 53.5 Å². The lowest BCUT2D eigenvalue weighted by molar-refractivity contribution is 0.415. The highest BCUT2D eigenvalue weighted by atomic mass is 16.5. The lowest BCUT2D eigenvalue weighted by Crippen LogP contribution is -1.93. The number of aromatic hydroxyl groups is 1. The first kappa shape index (κ1) is 31.1. The van der Waals surface area contributed by atoms with Crippen molar-refractivity contribution in [3.05, 3.63) is 182 Å². The third-order valence-corrected chi connectivity index (χ3v) is 8.53. The van der Waals surface area contributed by atoms with E-state index in [1.165, 1.54) is 43.8 Å². The Balaban J connectivity index is 0.000000154. The van der Waals surface area contributed by atoms with Gasteiger partial charge < -0.3 is 20.5 Å². The van der Waals surface area contributed by atoms with Crippen LogP contribution in [0.3, 0.4) is 0 Å². The SMILES string of the molecule is COc1ccc(Nc2ccc(-c3ccccc3)c3ccccc23)cc1.Oc1ccc(Nc2ccc(-c3ccccc3)c3ccccc23)cc1. The molecule has 0 bridgehead atoms. The van der Waals surface area contributed by atoms with Gasteiger partial charge in [-0.2, -0.15) is 0 Å². The van der Waals surface area contributed by atoms with Crippen LogP contribution < -0.4 is 15.4 Å². The van der Waals surface area contributed by atoms with E-state index in [0.717, 1.165) is 28.5 Å². The third kappa shape index (κ3) is 7.09. The van der Waals surface area contributed by atoms with Gasteiger partial charge in [-0.1, -0.05) is 121 Å². The van der Waals surface area contributed by atoms with Crippen LogP contribution in [0.2, 0.25) is 0 Å². The molecule has 4 nitrogen and oxygen atoms in total. The summed E-state index contributed by atoms with van der Waals surface area (Å²) in [6, 6.07) is 61.5. The van der Waals surface area contributed by atoms with Crippen molar-refractivity contribution in [3.63, 3.8) is 0 Å². The molecule has 0 aliphatic rings. The van der Waals surface area contributed by atoms with Gasteiger partial charge in [0.2, 0.25) is 0 Å². The van der Waals surface area contributed by atoms with Crippen LogP contribution in [-0.2, 0) is 0 Å². The first-order chi connectivity index (χ1) is 24.2. The van der Waals surface area contributed by atoms with Gasteiger partial charge in [-0.15, -0.1) is 0 Å². The predicted octanol–water partition coefficient (Wildman–Crippen LogP) is 12.2. The van der Waals surface area contributed by atoms with E-state index in [4.69, 9.17) is 4.74 Å². The van der Waals surface area contributed by atoms with Gasteiger partial charge in [-0.05, 0) is 93.7 Å². The van der Waals surface area contributed by atoms with E-state index in [1.807, 2.05) is 48.5 Å². The van der Waals surface area contributed by atoms with E-state index in [9.17, 15) is 5.11 Å². The number of hydrogen-bond acceptors (Lipinski definition) is 4. The summed E-state index contributed by atoms with van der Waals surface area (Å²) in [4.78, 5) is 0. The van der Waals surface area contributed by atoms with Crippen molar-refractivity contribution in [3.8, 4) is 33.8 Å². The van der Waals surface area contributed by atoms with Crippen LogP contribution in [0.4, 0.5) is 22.7 Å². The molecule has 0 aliphatic carbocycles. The van der Waals surface area contributed by atoms with Gasteiger partial charge in [-0.25, -0.2) is 0 Å². The van der Waals surface area contributed by atoms with Crippen molar-refractivity contribution in [1.29, 1.82) is 0 Å². The fraction of sp³-hybridized carbons (Fsp3) is 0.0222.